The Kier molecular flexibility index (Phi) is 12.5. The van der Waals surface area contributed by atoms with E-state index in [4.69, 9.17) is 9.47 Å². The quantitative estimate of drug-likeness (QED) is 0.321. The van der Waals surface area contributed by atoms with Crippen molar-refractivity contribution in [3.05, 3.63) is 47.5 Å². The summed E-state index contributed by atoms with van der Waals surface area (Å²) in [7, 11) is -3.91. The molecule has 3 saturated carbocycles. The number of nitrogens with one attached hydrogen (secondary N) is 3. The number of ether oxygens (including phenoxy) is 2. The number of rotatable bonds is 8. The van der Waals surface area contributed by atoms with Gasteiger partial charge >= 0.3 is 12.2 Å². The number of carbonyl (C=O) groups excluding carboxylic acids is 5. The Bertz CT molecular complexity index is 1890. The second-order valence-corrected chi connectivity index (χ2v) is 19.7. The number of amides is 5. The van der Waals surface area contributed by atoms with Gasteiger partial charge in [0, 0.05) is 25.4 Å². The molecule has 7 aliphatic rings. The molecular weight excluding hydrogens is 777 g/mol. The molecule has 0 radical (unpaired) electrons. The third kappa shape index (κ3) is 9.58. The fourth-order valence-electron chi connectivity index (χ4n) is 9.85. The number of alkyl carbamates (subject to hydrolysis) is 1. The van der Waals surface area contributed by atoms with Crippen LogP contribution in [-0.4, -0.2) is 121 Å². The Balaban J connectivity index is 1.04. The van der Waals surface area contributed by atoms with Crippen LogP contribution < -0.4 is 15.4 Å². The highest BCUT2D eigenvalue weighted by Gasteiger charge is 2.62. The third-order valence-corrected chi connectivity index (χ3v) is 15.3. The van der Waals surface area contributed by atoms with Crippen molar-refractivity contribution in [1.82, 2.24) is 30.1 Å². The van der Waals surface area contributed by atoms with Crippen molar-refractivity contribution in [1.29, 1.82) is 0 Å². The molecule has 5 amide bonds. The van der Waals surface area contributed by atoms with Crippen LogP contribution in [0.5, 0.6) is 0 Å². The third-order valence-electron chi connectivity index (χ3n) is 13.5. The van der Waals surface area contributed by atoms with E-state index in [1.54, 1.807) is 4.90 Å². The van der Waals surface area contributed by atoms with E-state index in [9.17, 15) is 32.4 Å². The number of benzene rings is 1. The van der Waals surface area contributed by atoms with Crippen molar-refractivity contribution in [2.75, 3.05) is 32.7 Å². The maximum Gasteiger partial charge on any atom is 0.410 e. The minimum Gasteiger partial charge on any atom is -0.446 e. The molecule has 0 spiro atoms. The highest BCUT2D eigenvalue weighted by Crippen LogP contribution is 2.46. The van der Waals surface area contributed by atoms with Crippen LogP contribution in [0.2, 0.25) is 0 Å². The van der Waals surface area contributed by atoms with Gasteiger partial charge in [-0.3, -0.25) is 24.0 Å². The van der Waals surface area contributed by atoms with Gasteiger partial charge in [0.15, 0.2) is 0 Å². The number of likely N-dealkylation sites (tertiary alicyclic amines) is 1. The normalized spacial score (nSPS) is 31.4. The first kappa shape index (κ1) is 41.5. The Morgan fingerprint density at radius 2 is 1.61 bits per heavy atom. The van der Waals surface area contributed by atoms with E-state index < -0.39 is 74.8 Å². The number of hydrogen-bond acceptors (Lipinski definition) is 10. The van der Waals surface area contributed by atoms with Gasteiger partial charge in [0.2, 0.25) is 21.8 Å². The predicted molar refractivity (Wildman–Crippen MR) is 217 cm³/mol. The van der Waals surface area contributed by atoms with Gasteiger partial charge in [-0.15, -0.1) is 0 Å². The molecule has 6 atom stereocenters. The average Bonchev–Trinajstić information content (AvgIpc) is 4.10. The number of piperidine rings is 1. The summed E-state index contributed by atoms with van der Waals surface area (Å²) in [5.41, 5.74) is 0.771. The van der Waals surface area contributed by atoms with Crippen LogP contribution in [0.15, 0.2) is 36.4 Å². The van der Waals surface area contributed by atoms with Gasteiger partial charge in [0.05, 0.1) is 17.8 Å². The minimum atomic E-state index is -3.91. The van der Waals surface area contributed by atoms with Gasteiger partial charge in [0.1, 0.15) is 29.8 Å². The van der Waals surface area contributed by atoms with Gasteiger partial charge in [-0.25, -0.2) is 18.0 Å². The number of nitrogens with zero attached hydrogens (tertiary/aromatic N) is 3. The Hall–Kier alpha value is -4.18. The van der Waals surface area contributed by atoms with E-state index in [0.29, 0.717) is 51.6 Å². The summed E-state index contributed by atoms with van der Waals surface area (Å²) in [5, 5.41) is 5.06. The summed E-state index contributed by atoms with van der Waals surface area (Å²) >= 11 is 0. The number of sulfonamides is 1. The highest BCUT2D eigenvalue weighted by atomic mass is 32.2. The zero-order valence-electron chi connectivity index (χ0n) is 34.0. The average molecular weight is 837 g/mol. The molecular formula is C43H60N6O9S. The second-order valence-electron chi connectivity index (χ2n) is 17.8. The molecule has 8 rings (SSSR count). The molecule has 1 aromatic carbocycles. The molecule has 59 heavy (non-hydrogen) atoms. The summed E-state index contributed by atoms with van der Waals surface area (Å²) in [6.07, 6.45) is 13.4. The Labute approximate surface area is 347 Å². The predicted octanol–water partition coefficient (Wildman–Crippen LogP) is 4.22. The first-order chi connectivity index (χ1) is 28.5. The van der Waals surface area contributed by atoms with Crippen LogP contribution in [0.3, 0.4) is 0 Å². The molecule has 0 aromatic heterocycles. The van der Waals surface area contributed by atoms with Crippen LogP contribution >= 0.6 is 0 Å². The summed E-state index contributed by atoms with van der Waals surface area (Å²) in [6, 6.07) is 5.79. The number of carbonyl (C=O) groups is 5. The SMILES string of the molecule is O=C(N[C@H]1CCCCC/C=C\[C@@H]2C[C@@]2(C(=O)NS(=O)(=O)C2CC2)NC(=O)[C@@H]2C[C@@H](OC(=O)N3CCc4ccccc4[C@@H]3CN3CCCCC3)CN2C1=O)OC1CCCC1. The Morgan fingerprint density at radius 1 is 0.864 bits per heavy atom. The van der Waals surface area contributed by atoms with Crippen LogP contribution in [0.4, 0.5) is 9.59 Å². The van der Waals surface area contributed by atoms with Crippen molar-refractivity contribution in [2.24, 2.45) is 5.92 Å². The van der Waals surface area contributed by atoms with E-state index in [2.05, 4.69) is 32.4 Å². The van der Waals surface area contributed by atoms with E-state index in [-0.39, 0.29) is 31.5 Å². The zero-order valence-corrected chi connectivity index (χ0v) is 34.8. The van der Waals surface area contributed by atoms with Crippen LogP contribution in [0.1, 0.15) is 120 Å². The molecule has 0 bridgehead atoms. The molecule has 3 N–H and O–H groups in total. The van der Waals surface area contributed by atoms with Crippen LogP contribution in [0, 0.1) is 5.92 Å². The molecule has 3 aliphatic carbocycles. The molecule has 1 aromatic rings. The van der Waals surface area contributed by atoms with Gasteiger partial charge in [0.25, 0.3) is 5.91 Å². The Morgan fingerprint density at radius 3 is 2.39 bits per heavy atom. The van der Waals surface area contributed by atoms with Crippen molar-refractivity contribution < 1.29 is 41.9 Å². The summed E-state index contributed by atoms with van der Waals surface area (Å²) < 4.78 is 40.0. The summed E-state index contributed by atoms with van der Waals surface area (Å²) in [5.74, 6) is -2.39. The van der Waals surface area contributed by atoms with Crippen molar-refractivity contribution in [3.8, 4) is 0 Å². The highest BCUT2D eigenvalue weighted by molar-refractivity contribution is 7.91. The van der Waals surface area contributed by atoms with Crippen LogP contribution in [-0.2, 0) is 40.3 Å². The lowest BCUT2D eigenvalue weighted by Crippen LogP contribution is -2.58. The monoisotopic (exact) mass is 836 g/mol. The molecule has 15 nitrogen and oxygen atoms in total. The van der Waals surface area contributed by atoms with E-state index in [0.717, 1.165) is 70.0 Å². The van der Waals surface area contributed by atoms with Gasteiger partial charge in [-0.1, -0.05) is 55.7 Å². The maximum absolute atomic E-state index is 14.7. The van der Waals surface area contributed by atoms with Gasteiger partial charge in [-0.05, 0) is 108 Å². The topological polar surface area (TPSA) is 184 Å². The standard InChI is InChI=1S/C43H60N6O9S/c50-38-36-25-32(58-42(54)48-24-21-29-13-7-10-17-34(29)37(48)28-47-22-11-4-12-23-47)27-49(36)39(51)35(44-41(53)57-31-15-8-9-16-31)18-6-3-1-2-5-14-30-26-43(30,45-38)40(52)46-59(55,56)33-19-20-33/h5,7,10,13-14,17,30-33,35-37H,1-4,6,8-9,11-12,15-16,18-28H2,(H,44,53)(H,45,50)(H,46,52)/b14-5-/t30-,32-,35+,36+,37+,43-/m1/s1. The number of fused-ring (bicyclic) bond motifs is 3. The smallest absolute Gasteiger partial charge is 0.410 e. The van der Waals surface area contributed by atoms with Gasteiger partial charge < -0.3 is 29.9 Å². The molecule has 4 heterocycles. The van der Waals surface area contributed by atoms with E-state index in [1.807, 2.05) is 24.3 Å². The second kappa shape index (κ2) is 17.8. The number of hydrogen-bond donors (Lipinski definition) is 3. The molecule has 0 unspecified atom stereocenters. The summed E-state index contributed by atoms with van der Waals surface area (Å²) in [4.78, 5) is 76.0. The van der Waals surface area contributed by atoms with E-state index in [1.165, 1.54) is 16.9 Å². The van der Waals surface area contributed by atoms with Crippen molar-refractivity contribution in [2.45, 2.75) is 150 Å². The van der Waals surface area contributed by atoms with Crippen molar-refractivity contribution >= 4 is 39.9 Å². The zero-order chi connectivity index (χ0) is 41.1. The van der Waals surface area contributed by atoms with Gasteiger partial charge in [-0.2, -0.15) is 0 Å². The first-order valence-corrected chi connectivity index (χ1v) is 23.6. The fraction of sp³-hybridized carbons (Fsp3) is 0.698. The molecule has 322 valence electrons. The molecule has 2 saturated heterocycles. The lowest BCUT2D eigenvalue weighted by Gasteiger charge is -2.40. The molecule has 5 fully saturated rings. The maximum atomic E-state index is 14.7. The lowest BCUT2D eigenvalue weighted by molar-refractivity contribution is -0.141. The largest absolute Gasteiger partial charge is 0.446 e. The molecule has 16 heteroatoms. The first-order valence-electron chi connectivity index (χ1n) is 22.1. The minimum absolute atomic E-state index is 0.0393. The van der Waals surface area contributed by atoms with Crippen molar-refractivity contribution in [3.63, 3.8) is 0 Å². The van der Waals surface area contributed by atoms with Crippen LogP contribution in [0.25, 0.3) is 0 Å². The van der Waals surface area contributed by atoms with E-state index >= 15 is 0 Å². The lowest BCUT2D eigenvalue weighted by atomic mass is 9.92. The summed E-state index contributed by atoms with van der Waals surface area (Å²) in [6.45, 7) is 2.96. The molecule has 4 aliphatic heterocycles. The fourth-order valence-corrected chi connectivity index (χ4v) is 11.2. The number of allylic oxidation sites excluding steroid dienone is 1.